The van der Waals surface area contributed by atoms with Gasteiger partial charge in [0.25, 0.3) is 10.0 Å². The zero-order valence-electron chi connectivity index (χ0n) is 18.5. The molecule has 0 aromatic heterocycles. The van der Waals surface area contributed by atoms with E-state index in [4.69, 9.17) is 17.3 Å². The molecule has 0 bridgehead atoms. The predicted octanol–water partition coefficient (Wildman–Crippen LogP) is 3.22. The molecule has 3 aromatic carbocycles. The smallest absolute Gasteiger partial charge is 0.285 e. The molecule has 0 radical (unpaired) electrons. The largest absolute Gasteiger partial charge is 0.367 e. The first-order valence-electron chi connectivity index (χ1n) is 10.4. The van der Waals surface area contributed by atoms with Crippen LogP contribution in [0.3, 0.4) is 0 Å². The first kappa shape index (κ1) is 24.7. The molecule has 1 atom stereocenters. The highest BCUT2D eigenvalue weighted by Crippen LogP contribution is 2.29. The van der Waals surface area contributed by atoms with Crippen LogP contribution >= 0.6 is 11.6 Å². The normalized spacial score (nSPS) is 16.7. The summed E-state index contributed by atoms with van der Waals surface area (Å²) in [5.74, 6) is -0.497. The van der Waals surface area contributed by atoms with Crippen molar-refractivity contribution in [3.05, 3.63) is 95.0 Å². The Bertz CT molecular complexity index is 1490. The number of hydrazone groups is 1. The van der Waals surface area contributed by atoms with E-state index in [1.807, 2.05) is 30.3 Å². The molecular formula is C23H22ClN5O4S2. The average molecular weight is 532 g/mol. The number of sulfonamides is 2. The number of rotatable bonds is 6. The maximum absolute atomic E-state index is 12.7. The molecule has 182 valence electrons. The topological polar surface area (TPSA) is 134 Å². The van der Waals surface area contributed by atoms with Crippen molar-refractivity contribution in [1.82, 2.24) is 5.01 Å². The van der Waals surface area contributed by atoms with Crippen molar-refractivity contribution in [1.29, 1.82) is 0 Å². The van der Waals surface area contributed by atoms with Crippen LogP contribution in [-0.4, -0.2) is 46.3 Å². The molecule has 0 spiro atoms. The number of nitrogens with zero attached hydrogens (tertiary/aromatic N) is 3. The summed E-state index contributed by atoms with van der Waals surface area (Å²) in [7, 11) is -7.48. The number of halogens is 1. The second-order valence-corrected chi connectivity index (χ2v) is 11.6. The van der Waals surface area contributed by atoms with Crippen molar-refractivity contribution < 1.29 is 16.8 Å². The molecule has 0 saturated heterocycles. The van der Waals surface area contributed by atoms with Gasteiger partial charge in [-0.15, -0.1) is 4.40 Å². The standard InChI is InChI=1S/C23H22ClN5O4S2/c1-34(30,31)27-19-11-7-17(8-12-19)22-21(16-5-3-2-4-6-16)15-29(26-22)23(25)28-35(32,33)20-13-9-18(24)10-14-20/h2-14,21,27H,15H2,1H3,(H2,25,28). The summed E-state index contributed by atoms with van der Waals surface area (Å²) in [5, 5.41) is 6.33. The van der Waals surface area contributed by atoms with E-state index in [0.717, 1.165) is 17.4 Å². The van der Waals surface area contributed by atoms with Crippen LogP contribution in [0.25, 0.3) is 0 Å². The van der Waals surface area contributed by atoms with Crippen LogP contribution in [0.5, 0.6) is 0 Å². The van der Waals surface area contributed by atoms with Gasteiger partial charge in [0.15, 0.2) is 0 Å². The lowest BCUT2D eigenvalue weighted by Crippen LogP contribution is -2.33. The Labute approximate surface area is 209 Å². The Kier molecular flexibility index (Phi) is 6.84. The fourth-order valence-corrected chi connectivity index (χ4v) is 5.22. The Hall–Kier alpha value is -3.41. The van der Waals surface area contributed by atoms with E-state index in [1.54, 1.807) is 24.3 Å². The number of nitrogens with two attached hydrogens (primary N) is 1. The number of hydrogen-bond acceptors (Lipinski definition) is 5. The van der Waals surface area contributed by atoms with Crippen LogP contribution in [0.1, 0.15) is 17.0 Å². The van der Waals surface area contributed by atoms with Crippen LogP contribution in [0, 0.1) is 0 Å². The summed E-state index contributed by atoms with van der Waals surface area (Å²) >= 11 is 5.85. The van der Waals surface area contributed by atoms with E-state index in [1.165, 1.54) is 29.3 Å². The van der Waals surface area contributed by atoms with Crippen molar-refractivity contribution in [2.75, 3.05) is 17.5 Å². The third kappa shape index (κ3) is 5.99. The van der Waals surface area contributed by atoms with Gasteiger partial charge < -0.3 is 5.73 Å². The van der Waals surface area contributed by atoms with Crippen molar-refractivity contribution in [2.24, 2.45) is 15.2 Å². The average Bonchev–Trinajstić information content (AvgIpc) is 3.25. The van der Waals surface area contributed by atoms with Gasteiger partial charge in [0.1, 0.15) is 0 Å². The number of guanidine groups is 1. The number of hydrogen-bond donors (Lipinski definition) is 2. The van der Waals surface area contributed by atoms with Gasteiger partial charge in [0, 0.05) is 16.6 Å². The van der Waals surface area contributed by atoms with Crippen LogP contribution in [0.2, 0.25) is 5.02 Å². The van der Waals surface area contributed by atoms with Crippen LogP contribution < -0.4 is 10.5 Å². The molecule has 3 N–H and O–H groups in total. The number of nitrogens with one attached hydrogen (secondary N) is 1. The zero-order chi connectivity index (χ0) is 25.2. The molecule has 12 heteroatoms. The summed E-state index contributed by atoms with van der Waals surface area (Å²) < 4.78 is 54.6. The number of anilines is 1. The number of benzene rings is 3. The van der Waals surface area contributed by atoms with Gasteiger partial charge in [-0.25, -0.2) is 13.4 Å². The van der Waals surface area contributed by atoms with Gasteiger partial charge in [-0.3, -0.25) is 4.72 Å². The third-order valence-electron chi connectivity index (χ3n) is 5.19. The van der Waals surface area contributed by atoms with Crippen molar-refractivity contribution in [3.8, 4) is 0 Å². The fraction of sp³-hybridized carbons (Fsp3) is 0.130. The lowest BCUT2D eigenvalue weighted by Gasteiger charge is -2.15. The van der Waals surface area contributed by atoms with Crippen LogP contribution in [0.15, 0.2) is 93.3 Å². The van der Waals surface area contributed by atoms with Gasteiger partial charge >= 0.3 is 0 Å². The second-order valence-electron chi connectivity index (χ2n) is 7.86. The monoisotopic (exact) mass is 531 g/mol. The Balaban J connectivity index is 1.68. The molecule has 0 aliphatic carbocycles. The highest BCUT2D eigenvalue weighted by molar-refractivity contribution is 7.92. The lowest BCUT2D eigenvalue weighted by molar-refractivity contribution is 0.470. The fourth-order valence-electron chi connectivity index (χ4n) is 3.60. The van der Waals surface area contributed by atoms with Gasteiger partial charge in [0.05, 0.1) is 23.4 Å². The Morgan fingerprint density at radius 3 is 2.23 bits per heavy atom. The molecule has 4 rings (SSSR count). The Morgan fingerprint density at radius 1 is 1.00 bits per heavy atom. The summed E-state index contributed by atoms with van der Waals surface area (Å²) in [6.45, 7) is 0.272. The van der Waals surface area contributed by atoms with E-state index in [2.05, 4.69) is 14.2 Å². The summed E-state index contributed by atoms with van der Waals surface area (Å²) in [6.07, 6.45) is 1.07. The molecule has 1 aliphatic heterocycles. The minimum absolute atomic E-state index is 0.0400. The van der Waals surface area contributed by atoms with Crippen molar-refractivity contribution >= 4 is 49.0 Å². The Morgan fingerprint density at radius 2 is 1.63 bits per heavy atom. The molecule has 0 fully saturated rings. The van der Waals surface area contributed by atoms with Crippen LogP contribution in [0.4, 0.5) is 5.69 Å². The molecule has 0 amide bonds. The van der Waals surface area contributed by atoms with E-state index in [-0.39, 0.29) is 23.3 Å². The maximum Gasteiger partial charge on any atom is 0.285 e. The molecule has 0 saturated carbocycles. The van der Waals surface area contributed by atoms with E-state index >= 15 is 0 Å². The summed E-state index contributed by atoms with van der Waals surface area (Å²) in [6, 6.07) is 22.0. The van der Waals surface area contributed by atoms with E-state index in [0.29, 0.717) is 16.4 Å². The highest BCUT2D eigenvalue weighted by atomic mass is 35.5. The summed E-state index contributed by atoms with van der Waals surface area (Å²) in [5.41, 5.74) is 8.84. The van der Waals surface area contributed by atoms with E-state index < -0.39 is 20.0 Å². The molecule has 1 heterocycles. The van der Waals surface area contributed by atoms with Crippen molar-refractivity contribution in [2.45, 2.75) is 10.8 Å². The van der Waals surface area contributed by atoms with Gasteiger partial charge in [-0.05, 0) is 47.5 Å². The maximum atomic E-state index is 12.7. The minimum Gasteiger partial charge on any atom is -0.367 e. The van der Waals surface area contributed by atoms with E-state index in [9.17, 15) is 16.8 Å². The molecule has 3 aromatic rings. The first-order chi connectivity index (χ1) is 16.5. The SMILES string of the molecule is CS(=O)(=O)Nc1ccc(C2=NN(/C(N)=N/S(=O)(=O)c3ccc(Cl)cc3)CC2c2ccccc2)cc1. The lowest BCUT2D eigenvalue weighted by atomic mass is 9.90. The molecular weight excluding hydrogens is 510 g/mol. The first-order valence-corrected chi connectivity index (χ1v) is 14.1. The quantitative estimate of drug-likeness (QED) is 0.370. The predicted molar refractivity (Wildman–Crippen MR) is 138 cm³/mol. The summed E-state index contributed by atoms with van der Waals surface area (Å²) in [4.78, 5) is -0.0400. The van der Waals surface area contributed by atoms with Gasteiger partial charge in [0.2, 0.25) is 16.0 Å². The van der Waals surface area contributed by atoms with Gasteiger partial charge in [-0.1, -0.05) is 54.1 Å². The van der Waals surface area contributed by atoms with Crippen LogP contribution in [-0.2, 0) is 20.0 Å². The molecule has 9 nitrogen and oxygen atoms in total. The third-order valence-corrected chi connectivity index (χ3v) is 7.34. The zero-order valence-corrected chi connectivity index (χ0v) is 20.9. The van der Waals surface area contributed by atoms with Crippen molar-refractivity contribution in [3.63, 3.8) is 0 Å². The molecule has 1 unspecified atom stereocenters. The second kappa shape index (κ2) is 9.68. The minimum atomic E-state index is -4.07. The van der Waals surface area contributed by atoms with Gasteiger partial charge in [-0.2, -0.15) is 13.5 Å². The molecule has 35 heavy (non-hydrogen) atoms. The highest BCUT2D eigenvalue weighted by Gasteiger charge is 2.31. The molecule has 1 aliphatic rings.